The highest BCUT2D eigenvalue weighted by atomic mass is 28.4. The molecule has 5 rings (SSSR count). The number of fused-ring (bicyclic) bond motifs is 3. The van der Waals surface area contributed by atoms with Gasteiger partial charge in [-0.3, -0.25) is 4.98 Å². The zero-order valence-electron chi connectivity index (χ0n) is 24.9. The van der Waals surface area contributed by atoms with Crippen molar-refractivity contribution >= 4 is 13.9 Å². The topological polar surface area (TPSA) is 51.6 Å². The second-order valence-corrected chi connectivity index (χ2v) is 18.8. The van der Waals surface area contributed by atoms with E-state index in [2.05, 4.69) is 53.8 Å². The van der Waals surface area contributed by atoms with Crippen molar-refractivity contribution in [1.82, 2.24) is 4.98 Å². The highest BCUT2D eigenvalue weighted by Gasteiger charge is 2.46. The predicted molar refractivity (Wildman–Crippen MR) is 154 cm³/mol. The number of ether oxygens (including phenoxy) is 1. The number of hydrogen-bond acceptors (Lipinski definition) is 4. The number of alkyl halides is 3. The van der Waals surface area contributed by atoms with E-state index in [0.29, 0.717) is 36.5 Å². The van der Waals surface area contributed by atoms with Crippen LogP contribution in [0.25, 0.3) is 5.57 Å². The first-order valence-electron chi connectivity index (χ1n) is 14.3. The SMILES string of the molecule is CC1c2cc(C(F)(F)F)ccc2C(O)c2c1nc1c(c2C2=CCOCC2)C(O[Si](C)(C)C(C)(C)C)CC(C)(C)C1. The smallest absolute Gasteiger partial charge is 0.410 e. The maximum atomic E-state index is 13.6. The molecule has 3 aliphatic rings. The molecule has 40 heavy (non-hydrogen) atoms. The summed E-state index contributed by atoms with van der Waals surface area (Å²) in [5.74, 6) is -0.398. The Morgan fingerprint density at radius 1 is 1.10 bits per heavy atom. The molecular formula is C32H42F3NO3Si. The van der Waals surface area contributed by atoms with Gasteiger partial charge in [-0.2, -0.15) is 13.2 Å². The van der Waals surface area contributed by atoms with Gasteiger partial charge in [0, 0.05) is 22.7 Å². The first kappa shape index (κ1) is 29.5. The van der Waals surface area contributed by atoms with Crippen LogP contribution in [0.1, 0.15) is 117 Å². The van der Waals surface area contributed by atoms with Gasteiger partial charge in [-0.1, -0.05) is 53.7 Å². The third kappa shape index (κ3) is 5.10. The summed E-state index contributed by atoms with van der Waals surface area (Å²) in [6.07, 6.45) is -1.37. The van der Waals surface area contributed by atoms with E-state index in [1.807, 2.05) is 6.92 Å². The number of aliphatic hydroxyl groups is 1. The normalized spacial score (nSPS) is 24.6. The quantitative estimate of drug-likeness (QED) is 0.374. The zero-order valence-corrected chi connectivity index (χ0v) is 25.9. The maximum Gasteiger partial charge on any atom is 0.416 e. The molecule has 1 aromatic heterocycles. The molecule has 2 aromatic rings. The molecule has 1 aromatic carbocycles. The van der Waals surface area contributed by atoms with E-state index in [4.69, 9.17) is 14.1 Å². The Hall–Kier alpha value is -2.00. The van der Waals surface area contributed by atoms with E-state index in [1.165, 1.54) is 12.1 Å². The van der Waals surface area contributed by atoms with E-state index in [9.17, 15) is 18.3 Å². The van der Waals surface area contributed by atoms with E-state index in [1.54, 1.807) is 0 Å². The molecule has 0 bridgehead atoms. The summed E-state index contributed by atoms with van der Waals surface area (Å²) < 4.78 is 53.8. The van der Waals surface area contributed by atoms with Crippen molar-refractivity contribution in [2.24, 2.45) is 5.41 Å². The minimum absolute atomic E-state index is 0.0116. The van der Waals surface area contributed by atoms with Crippen LogP contribution in [-0.4, -0.2) is 31.6 Å². The summed E-state index contributed by atoms with van der Waals surface area (Å²) in [4.78, 5) is 5.21. The van der Waals surface area contributed by atoms with Crippen LogP contribution < -0.4 is 0 Å². The van der Waals surface area contributed by atoms with E-state index >= 15 is 0 Å². The number of pyridine rings is 1. The highest BCUT2D eigenvalue weighted by Crippen LogP contribution is 2.54. The Labute approximate surface area is 237 Å². The van der Waals surface area contributed by atoms with Crippen LogP contribution in [0.15, 0.2) is 24.3 Å². The Kier molecular flexibility index (Phi) is 7.21. The summed E-state index contributed by atoms with van der Waals surface area (Å²) in [5.41, 5.74) is 5.69. The van der Waals surface area contributed by atoms with Gasteiger partial charge in [0.25, 0.3) is 0 Å². The number of benzene rings is 1. The molecule has 3 atom stereocenters. The molecule has 0 amide bonds. The minimum atomic E-state index is -4.46. The summed E-state index contributed by atoms with van der Waals surface area (Å²) in [6.45, 7) is 18.7. The van der Waals surface area contributed by atoms with Crippen LogP contribution in [0.5, 0.6) is 0 Å². The van der Waals surface area contributed by atoms with Gasteiger partial charge in [-0.15, -0.1) is 0 Å². The number of halogens is 3. The molecule has 0 spiro atoms. The first-order valence-corrected chi connectivity index (χ1v) is 17.2. The Morgan fingerprint density at radius 2 is 1.80 bits per heavy atom. The van der Waals surface area contributed by atoms with Crippen molar-refractivity contribution in [3.05, 3.63) is 69.0 Å². The second-order valence-electron chi connectivity index (χ2n) is 14.1. The third-order valence-electron chi connectivity index (χ3n) is 9.47. The third-order valence-corrected chi connectivity index (χ3v) is 14.0. The van der Waals surface area contributed by atoms with Gasteiger partial charge < -0.3 is 14.3 Å². The average molecular weight is 574 g/mol. The monoisotopic (exact) mass is 573 g/mol. The Morgan fingerprint density at radius 3 is 2.40 bits per heavy atom. The van der Waals surface area contributed by atoms with E-state index < -0.39 is 32.1 Å². The molecule has 8 heteroatoms. The lowest BCUT2D eigenvalue weighted by Crippen LogP contribution is -2.44. The fraction of sp³-hybridized carbons (Fsp3) is 0.594. The lowest BCUT2D eigenvalue weighted by Gasteiger charge is -2.46. The Balaban J connectivity index is 1.77. The van der Waals surface area contributed by atoms with Gasteiger partial charge in [0.15, 0.2) is 8.32 Å². The van der Waals surface area contributed by atoms with Gasteiger partial charge in [0.2, 0.25) is 0 Å². The molecule has 1 aliphatic heterocycles. The van der Waals surface area contributed by atoms with Gasteiger partial charge in [-0.25, -0.2) is 0 Å². The summed E-state index contributed by atoms with van der Waals surface area (Å²) in [6, 6.07) is 3.70. The molecular weight excluding hydrogens is 531 g/mol. The van der Waals surface area contributed by atoms with Crippen molar-refractivity contribution in [2.45, 2.75) is 103 Å². The fourth-order valence-electron chi connectivity index (χ4n) is 6.31. The minimum Gasteiger partial charge on any atom is -0.410 e. The second kappa shape index (κ2) is 9.78. The van der Waals surface area contributed by atoms with Crippen LogP contribution in [0, 0.1) is 5.41 Å². The molecule has 0 radical (unpaired) electrons. The summed E-state index contributed by atoms with van der Waals surface area (Å²) >= 11 is 0. The number of nitrogens with zero attached hydrogens (tertiary/aromatic N) is 1. The summed E-state index contributed by atoms with van der Waals surface area (Å²) in [7, 11) is -2.18. The first-order chi connectivity index (χ1) is 18.4. The standard InChI is InChI=1S/C32H42F3NO3Si/c1-18-22-15-20(32(33,34)35)9-10-21(22)29(37)27-25(19-11-13-38-14-12-19)26-23(36-28(18)27)16-31(5,6)17-24(26)39-40(7,8)30(2,3)4/h9-11,15,18,24,29,37H,12-14,16-17H2,1-8H3. The number of rotatable bonds is 3. The molecule has 2 heterocycles. The van der Waals surface area contributed by atoms with Crippen molar-refractivity contribution < 1.29 is 27.4 Å². The zero-order chi connectivity index (χ0) is 29.4. The Bertz CT molecular complexity index is 1360. The molecule has 4 nitrogen and oxygen atoms in total. The van der Waals surface area contributed by atoms with Crippen LogP contribution >= 0.6 is 0 Å². The van der Waals surface area contributed by atoms with Gasteiger partial charge >= 0.3 is 6.18 Å². The highest BCUT2D eigenvalue weighted by molar-refractivity contribution is 6.74. The van der Waals surface area contributed by atoms with Crippen molar-refractivity contribution in [3.8, 4) is 0 Å². The van der Waals surface area contributed by atoms with Crippen LogP contribution in [-0.2, 0) is 21.8 Å². The van der Waals surface area contributed by atoms with Crippen molar-refractivity contribution in [3.63, 3.8) is 0 Å². The maximum absolute atomic E-state index is 13.6. The van der Waals surface area contributed by atoms with Crippen LogP contribution in [0.4, 0.5) is 13.2 Å². The van der Waals surface area contributed by atoms with Gasteiger partial charge in [0.05, 0.1) is 30.6 Å². The number of aliphatic hydroxyl groups excluding tert-OH is 1. The lowest BCUT2D eigenvalue weighted by molar-refractivity contribution is -0.137. The van der Waals surface area contributed by atoms with Crippen LogP contribution in [0.3, 0.4) is 0 Å². The van der Waals surface area contributed by atoms with Crippen molar-refractivity contribution in [1.29, 1.82) is 0 Å². The lowest BCUT2D eigenvalue weighted by atomic mass is 9.69. The molecule has 0 fully saturated rings. The number of aromatic nitrogens is 1. The fourth-order valence-corrected chi connectivity index (χ4v) is 7.58. The molecule has 218 valence electrons. The molecule has 0 saturated carbocycles. The number of hydrogen-bond donors (Lipinski definition) is 1. The molecule has 2 aliphatic carbocycles. The van der Waals surface area contributed by atoms with Gasteiger partial charge in [-0.05, 0) is 77.2 Å². The predicted octanol–water partition coefficient (Wildman–Crippen LogP) is 8.49. The molecule has 3 unspecified atom stereocenters. The molecule has 0 saturated heterocycles. The summed E-state index contributed by atoms with van der Waals surface area (Å²) in [5, 5.41) is 11.9. The van der Waals surface area contributed by atoms with Crippen LogP contribution in [0.2, 0.25) is 18.1 Å². The van der Waals surface area contributed by atoms with Crippen molar-refractivity contribution in [2.75, 3.05) is 13.2 Å². The average Bonchev–Trinajstić information content (AvgIpc) is 2.84. The van der Waals surface area contributed by atoms with Gasteiger partial charge in [0.1, 0.15) is 6.10 Å². The van der Waals surface area contributed by atoms with E-state index in [0.717, 1.165) is 46.9 Å². The largest absolute Gasteiger partial charge is 0.416 e. The molecule has 1 N–H and O–H groups in total. The van der Waals surface area contributed by atoms with E-state index in [-0.39, 0.29) is 16.6 Å².